The molecule has 1 fully saturated rings. The highest BCUT2D eigenvalue weighted by Crippen LogP contribution is 2.38. The molecule has 2 aromatic rings. The molecule has 1 N–H and O–H groups in total. The number of carbonyl (C=O) groups excluding carboxylic acids is 1. The summed E-state index contributed by atoms with van der Waals surface area (Å²) in [5, 5.41) is 0. The van der Waals surface area contributed by atoms with Gasteiger partial charge in [-0.2, -0.15) is 0 Å². The van der Waals surface area contributed by atoms with Crippen LogP contribution in [-0.4, -0.2) is 48.3 Å². The van der Waals surface area contributed by atoms with Gasteiger partial charge in [-0.05, 0) is 56.5 Å². The number of aliphatic imine (C=N–C) groups is 1. The number of carbonyl (C=O) groups is 1. The van der Waals surface area contributed by atoms with Gasteiger partial charge in [-0.25, -0.2) is 13.1 Å². The number of rotatable bonds is 5. The number of pyridine rings is 1. The molecular weight excluding hydrogens is 402 g/mol. The van der Waals surface area contributed by atoms with Gasteiger partial charge in [-0.15, -0.1) is 0 Å². The molecule has 8 nitrogen and oxygen atoms in total. The van der Waals surface area contributed by atoms with Crippen LogP contribution in [0.3, 0.4) is 0 Å². The molecule has 3 heterocycles. The van der Waals surface area contributed by atoms with E-state index in [-0.39, 0.29) is 22.4 Å². The fourth-order valence-corrected chi connectivity index (χ4v) is 5.41. The van der Waals surface area contributed by atoms with Crippen LogP contribution in [0, 0.1) is 0 Å². The number of guanidine groups is 1. The van der Waals surface area contributed by atoms with Crippen LogP contribution >= 0.6 is 0 Å². The molecule has 0 unspecified atom stereocenters. The van der Waals surface area contributed by atoms with E-state index in [0.717, 1.165) is 18.4 Å². The van der Waals surface area contributed by atoms with Crippen molar-refractivity contribution < 1.29 is 13.2 Å². The van der Waals surface area contributed by atoms with E-state index in [0.29, 0.717) is 30.3 Å². The van der Waals surface area contributed by atoms with Crippen molar-refractivity contribution in [3.63, 3.8) is 0 Å². The summed E-state index contributed by atoms with van der Waals surface area (Å²) in [6.45, 7) is 4.82. The quantitative estimate of drug-likeness (QED) is 0.792. The van der Waals surface area contributed by atoms with Gasteiger partial charge in [0, 0.05) is 17.9 Å². The lowest BCUT2D eigenvalue weighted by Gasteiger charge is -2.38. The van der Waals surface area contributed by atoms with Crippen LogP contribution in [0.2, 0.25) is 0 Å². The largest absolute Gasteiger partial charge is 0.307 e. The summed E-state index contributed by atoms with van der Waals surface area (Å²) in [7, 11) is -3.70. The van der Waals surface area contributed by atoms with Crippen molar-refractivity contribution >= 4 is 27.6 Å². The molecular formula is C21H23N5O3S. The zero-order chi connectivity index (χ0) is 21.1. The minimum atomic E-state index is -3.70. The summed E-state index contributed by atoms with van der Waals surface area (Å²) in [5.41, 5.74) is 1.57. The van der Waals surface area contributed by atoms with Crippen LogP contribution in [0.5, 0.6) is 0 Å². The number of nitrogens with zero attached hydrogens (tertiary/aromatic N) is 4. The zero-order valence-corrected chi connectivity index (χ0v) is 17.7. The molecule has 1 aromatic carbocycles. The van der Waals surface area contributed by atoms with E-state index in [4.69, 9.17) is 0 Å². The summed E-state index contributed by atoms with van der Waals surface area (Å²) < 4.78 is 28.5. The second kappa shape index (κ2) is 6.61. The summed E-state index contributed by atoms with van der Waals surface area (Å²) in [5.74, 6) is 0.343. The molecule has 156 valence electrons. The lowest BCUT2D eigenvalue weighted by Crippen LogP contribution is -2.52. The number of nitrogens with one attached hydrogen (secondary N) is 1. The molecule has 5 rings (SSSR count). The highest BCUT2D eigenvalue weighted by molar-refractivity contribution is 7.89. The number of fused-ring (bicyclic) bond motifs is 3. The molecule has 1 saturated carbocycles. The highest BCUT2D eigenvalue weighted by Gasteiger charge is 2.43. The molecule has 9 heteroatoms. The molecule has 1 amide bonds. The number of hydrogen-bond acceptors (Lipinski definition) is 6. The summed E-state index contributed by atoms with van der Waals surface area (Å²) in [6, 6.07) is 8.58. The Balaban J connectivity index is 1.56. The van der Waals surface area contributed by atoms with Crippen molar-refractivity contribution in [2.75, 3.05) is 11.4 Å². The normalized spacial score (nSPS) is 21.9. The van der Waals surface area contributed by atoms with Gasteiger partial charge >= 0.3 is 0 Å². The van der Waals surface area contributed by atoms with Crippen LogP contribution in [0.4, 0.5) is 5.69 Å². The van der Waals surface area contributed by atoms with Crippen molar-refractivity contribution in [1.29, 1.82) is 0 Å². The SMILES string of the molecule is C[C@@H]1CN=C2N(Cc3cccnc3)C(=O)c3cc(S(=O)(=O)NC4(C)CC4)ccc3N21. The first-order valence-corrected chi connectivity index (χ1v) is 11.5. The molecule has 2 aliphatic heterocycles. The Kier molecular flexibility index (Phi) is 4.23. The second-order valence-corrected chi connectivity index (χ2v) is 10.1. The minimum Gasteiger partial charge on any atom is -0.307 e. The minimum absolute atomic E-state index is 0.0780. The van der Waals surface area contributed by atoms with E-state index >= 15 is 0 Å². The Morgan fingerprint density at radius 3 is 2.77 bits per heavy atom. The van der Waals surface area contributed by atoms with Gasteiger partial charge < -0.3 is 4.90 Å². The number of hydrogen-bond donors (Lipinski definition) is 1. The Morgan fingerprint density at radius 1 is 1.27 bits per heavy atom. The molecule has 1 aromatic heterocycles. The van der Waals surface area contributed by atoms with E-state index in [1.165, 1.54) is 6.07 Å². The fraction of sp³-hybridized carbons (Fsp3) is 0.381. The molecule has 30 heavy (non-hydrogen) atoms. The summed E-state index contributed by atoms with van der Waals surface area (Å²) in [6.07, 6.45) is 5.04. The maximum atomic E-state index is 13.4. The number of benzene rings is 1. The van der Waals surface area contributed by atoms with Crippen molar-refractivity contribution in [3.8, 4) is 0 Å². The predicted octanol–water partition coefficient (Wildman–Crippen LogP) is 2.13. The first kappa shape index (κ1) is 19.2. The number of amides is 1. The van der Waals surface area contributed by atoms with Crippen LogP contribution in [0.15, 0.2) is 52.6 Å². The van der Waals surface area contributed by atoms with Gasteiger partial charge in [-0.1, -0.05) is 6.07 Å². The second-order valence-electron chi connectivity index (χ2n) is 8.46. The van der Waals surface area contributed by atoms with Crippen molar-refractivity contribution in [1.82, 2.24) is 14.6 Å². The average molecular weight is 426 g/mol. The van der Waals surface area contributed by atoms with Gasteiger partial charge in [0.2, 0.25) is 16.0 Å². The maximum absolute atomic E-state index is 13.4. The van der Waals surface area contributed by atoms with Gasteiger partial charge in [-0.3, -0.25) is 19.7 Å². The van der Waals surface area contributed by atoms with Crippen LogP contribution < -0.4 is 9.62 Å². The summed E-state index contributed by atoms with van der Waals surface area (Å²) >= 11 is 0. The predicted molar refractivity (Wildman–Crippen MR) is 113 cm³/mol. The number of anilines is 1. The van der Waals surface area contributed by atoms with E-state index in [1.54, 1.807) is 29.4 Å². The third kappa shape index (κ3) is 3.18. The summed E-state index contributed by atoms with van der Waals surface area (Å²) in [4.78, 5) is 25.9. The molecule has 0 radical (unpaired) electrons. The van der Waals surface area contributed by atoms with E-state index < -0.39 is 10.0 Å². The smallest absolute Gasteiger partial charge is 0.263 e. The van der Waals surface area contributed by atoms with Gasteiger partial charge in [0.1, 0.15) is 0 Å². The molecule has 1 atom stereocenters. The molecule has 0 saturated heterocycles. The third-order valence-electron chi connectivity index (χ3n) is 5.85. The molecule has 1 aliphatic carbocycles. The van der Waals surface area contributed by atoms with Crippen LogP contribution in [0.25, 0.3) is 0 Å². The lowest BCUT2D eigenvalue weighted by atomic mass is 10.1. The standard InChI is InChI=1S/C21H23N5O3S/c1-14-11-23-20-25(13-15-4-3-9-22-12-15)19(27)17-10-16(5-6-18(17)26(14)20)30(28,29)24-21(2)7-8-21/h3-6,9-10,12,14,24H,7-8,11,13H2,1-2H3/t14-/m1/s1. The topological polar surface area (TPSA) is 95.0 Å². The van der Waals surface area contributed by atoms with E-state index in [1.807, 2.05) is 30.9 Å². The van der Waals surface area contributed by atoms with E-state index in [9.17, 15) is 13.2 Å². The van der Waals surface area contributed by atoms with Crippen molar-refractivity contribution in [2.45, 2.75) is 49.7 Å². The van der Waals surface area contributed by atoms with Crippen LogP contribution in [-0.2, 0) is 16.6 Å². The first-order valence-electron chi connectivity index (χ1n) is 10.00. The first-order chi connectivity index (χ1) is 14.3. The van der Waals surface area contributed by atoms with E-state index in [2.05, 4.69) is 14.7 Å². The third-order valence-corrected chi connectivity index (χ3v) is 7.49. The average Bonchev–Trinajstić information content (AvgIpc) is 3.31. The molecule has 0 bridgehead atoms. The zero-order valence-electron chi connectivity index (χ0n) is 16.9. The lowest BCUT2D eigenvalue weighted by molar-refractivity contribution is 0.0832. The Morgan fingerprint density at radius 2 is 2.07 bits per heavy atom. The monoisotopic (exact) mass is 425 g/mol. The number of aromatic nitrogens is 1. The van der Waals surface area contributed by atoms with Gasteiger partial charge in [0.15, 0.2) is 0 Å². The molecule has 3 aliphatic rings. The Labute approximate surface area is 175 Å². The number of sulfonamides is 1. The van der Waals surface area contributed by atoms with Crippen LogP contribution in [0.1, 0.15) is 42.6 Å². The molecule has 0 spiro atoms. The van der Waals surface area contributed by atoms with Gasteiger partial charge in [0.25, 0.3) is 5.91 Å². The maximum Gasteiger partial charge on any atom is 0.263 e. The Bertz CT molecular complexity index is 1160. The highest BCUT2D eigenvalue weighted by atomic mass is 32.2. The van der Waals surface area contributed by atoms with Gasteiger partial charge in [0.05, 0.1) is 35.3 Å². The fourth-order valence-electron chi connectivity index (χ4n) is 3.92. The van der Waals surface area contributed by atoms with Crippen molar-refractivity contribution in [3.05, 3.63) is 53.9 Å². The Hall–Kier alpha value is -2.78. The van der Waals surface area contributed by atoms with Crippen molar-refractivity contribution in [2.24, 2.45) is 4.99 Å².